The molecule has 0 radical (unpaired) electrons. The third-order valence-electron chi connectivity index (χ3n) is 3.05. The van der Waals surface area contributed by atoms with Gasteiger partial charge in [-0.15, -0.1) is 6.58 Å². The van der Waals surface area contributed by atoms with E-state index in [1.54, 1.807) is 7.05 Å². The van der Waals surface area contributed by atoms with Crippen LogP contribution in [0.5, 0.6) is 0 Å². The molecule has 0 aliphatic carbocycles. The SMILES string of the molecule is C=CCNC(=NC)NCC1(SC)CCOCC1. The molecule has 1 rings (SSSR count). The monoisotopic (exact) mass is 257 g/mol. The zero-order valence-electron chi connectivity index (χ0n) is 10.8. The van der Waals surface area contributed by atoms with Gasteiger partial charge in [0.05, 0.1) is 0 Å². The Hall–Kier alpha value is -0.680. The molecule has 1 heterocycles. The van der Waals surface area contributed by atoms with Gasteiger partial charge in [0.25, 0.3) is 0 Å². The van der Waals surface area contributed by atoms with Gasteiger partial charge in [0.1, 0.15) is 0 Å². The van der Waals surface area contributed by atoms with E-state index >= 15 is 0 Å². The second-order valence-corrected chi connectivity index (χ2v) is 5.37. The largest absolute Gasteiger partial charge is 0.381 e. The summed E-state index contributed by atoms with van der Waals surface area (Å²) in [6, 6.07) is 0. The number of rotatable bonds is 5. The molecule has 0 aromatic heterocycles. The van der Waals surface area contributed by atoms with Crippen molar-refractivity contribution < 1.29 is 4.74 Å². The molecule has 5 heteroatoms. The van der Waals surface area contributed by atoms with Crippen LogP contribution in [0.2, 0.25) is 0 Å². The van der Waals surface area contributed by atoms with E-state index in [-0.39, 0.29) is 4.75 Å². The van der Waals surface area contributed by atoms with Gasteiger partial charge in [-0.05, 0) is 19.1 Å². The minimum atomic E-state index is 0.282. The topological polar surface area (TPSA) is 45.7 Å². The molecule has 98 valence electrons. The standard InChI is InChI=1S/C12H23N3OS/c1-4-7-14-11(13-2)15-10-12(17-3)5-8-16-9-6-12/h4H,1,5-10H2,2-3H3,(H2,13,14,15). The van der Waals surface area contributed by atoms with Crippen LogP contribution in [0, 0.1) is 0 Å². The number of thioether (sulfide) groups is 1. The highest BCUT2D eigenvalue weighted by Gasteiger charge is 2.31. The Morgan fingerprint density at radius 1 is 1.47 bits per heavy atom. The molecule has 0 spiro atoms. The molecule has 0 saturated carbocycles. The first-order chi connectivity index (χ1) is 8.26. The van der Waals surface area contributed by atoms with Gasteiger partial charge in [0.15, 0.2) is 5.96 Å². The van der Waals surface area contributed by atoms with Gasteiger partial charge < -0.3 is 15.4 Å². The van der Waals surface area contributed by atoms with E-state index in [4.69, 9.17) is 4.74 Å². The minimum Gasteiger partial charge on any atom is -0.381 e. The van der Waals surface area contributed by atoms with Crippen LogP contribution in [0.15, 0.2) is 17.6 Å². The van der Waals surface area contributed by atoms with Crippen LogP contribution < -0.4 is 10.6 Å². The second kappa shape index (κ2) is 7.61. The van der Waals surface area contributed by atoms with Crippen molar-refractivity contribution in [3.63, 3.8) is 0 Å². The maximum Gasteiger partial charge on any atom is 0.191 e. The number of aliphatic imine (C=N–C) groups is 1. The van der Waals surface area contributed by atoms with Gasteiger partial charge in [-0.25, -0.2) is 0 Å². The van der Waals surface area contributed by atoms with Gasteiger partial charge in [0, 0.05) is 38.1 Å². The van der Waals surface area contributed by atoms with Crippen molar-refractivity contribution in [1.82, 2.24) is 10.6 Å². The Morgan fingerprint density at radius 2 is 2.18 bits per heavy atom. The molecule has 1 saturated heterocycles. The summed E-state index contributed by atoms with van der Waals surface area (Å²) in [6.07, 6.45) is 6.19. The van der Waals surface area contributed by atoms with Crippen molar-refractivity contribution in [3.05, 3.63) is 12.7 Å². The van der Waals surface area contributed by atoms with E-state index in [0.717, 1.165) is 45.1 Å². The predicted molar refractivity (Wildman–Crippen MR) is 75.9 cm³/mol. The number of nitrogens with one attached hydrogen (secondary N) is 2. The van der Waals surface area contributed by atoms with Crippen molar-refractivity contribution in [2.75, 3.05) is 39.6 Å². The highest BCUT2D eigenvalue weighted by molar-refractivity contribution is 8.00. The second-order valence-electron chi connectivity index (χ2n) is 4.09. The molecule has 1 aliphatic rings. The molecule has 1 fully saturated rings. The zero-order valence-corrected chi connectivity index (χ0v) is 11.6. The van der Waals surface area contributed by atoms with Gasteiger partial charge in [-0.3, -0.25) is 4.99 Å². The van der Waals surface area contributed by atoms with Crippen LogP contribution in [0.1, 0.15) is 12.8 Å². The maximum absolute atomic E-state index is 5.42. The fraction of sp³-hybridized carbons (Fsp3) is 0.750. The Labute approximate surface area is 108 Å². The Bertz CT molecular complexity index is 262. The average Bonchev–Trinajstić information content (AvgIpc) is 2.40. The van der Waals surface area contributed by atoms with E-state index in [1.165, 1.54) is 0 Å². The maximum atomic E-state index is 5.42. The average molecular weight is 257 g/mol. The Kier molecular flexibility index (Phi) is 6.44. The lowest BCUT2D eigenvalue weighted by molar-refractivity contribution is 0.0783. The number of guanidine groups is 1. The van der Waals surface area contributed by atoms with Crippen molar-refractivity contribution in [2.24, 2.45) is 4.99 Å². The lowest BCUT2D eigenvalue weighted by Crippen LogP contribution is -2.47. The van der Waals surface area contributed by atoms with Crippen molar-refractivity contribution in [2.45, 2.75) is 17.6 Å². The molecule has 0 atom stereocenters. The summed E-state index contributed by atoms with van der Waals surface area (Å²) >= 11 is 1.92. The van der Waals surface area contributed by atoms with Crippen molar-refractivity contribution in [3.8, 4) is 0 Å². The lowest BCUT2D eigenvalue weighted by Gasteiger charge is -2.36. The van der Waals surface area contributed by atoms with Gasteiger partial charge in [-0.1, -0.05) is 6.08 Å². The van der Waals surface area contributed by atoms with Crippen LogP contribution >= 0.6 is 11.8 Å². The van der Waals surface area contributed by atoms with Gasteiger partial charge in [-0.2, -0.15) is 11.8 Å². The van der Waals surface area contributed by atoms with Gasteiger partial charge >= 0.3 is 0 Å². The van der Waals surface area contributed by atoms with Crippen molar-refractivity contribution in [1.29, 1.82) is 0 Å². The first-order valence-electron chi connectivity index (χ1n) is 5.94. The first-order valence-corrected chi connectivity index (χ1v) is 7.17. The minimum absolute atomic E-state index is 0.282. The molecule has 2 N–H and O–H groups in total. The van der Waals surface area contributed by atoms with E-state index in [0.29, 0.717) is 0 Å². The molecule has 4 nitrogen and oxygen atoms in total. The molecule has 1 aliphatic heterocycles. The third-order valence-corrected chi connectivity index (χ3v) is 4.47. The van der Waals surface area contributed by atoms with Crippen LogP contribution in [0.4, 0.5) is 0 Å². The van der Waals surface area contributed by atoms with E-state index in [1.807, 2.05) is 17.8 Å². The summed E-state index contributed by atoms with van der Waals surface area (Å²) in [4.78, 5) is 4.18. The summed E-state index contributed by atoms with van der Waals surface area (Å²) in [5.41, 5.74) is 0. The Balaban J connectivity index is 2.42. The molecule has 0 aromatic carbocycles. The highest BCUT2D eigenvalue weighted by Crippen LogP contribution is 2.32. The number of ether oxygens (including phenoxy) is 1. The summed E-state index contributed by atoms with van der Waals surface area (Å²) in [5, 5.41) is 6.56. The molecule has 0 amide bonds. The number of nitrogens with zero attached hydrogens (tertiary/aromatic N) is 1. The summed E-state index contributed by atoms with van der Waals surface area (Å²) < 4.78 is 5.71. The Morgan fingerprint density at radius 3 is 2.71 bits per heavy atom. The van der Waals surface area contributed by atoms with Crippen molar-refractivity contribution >= 4 is 17.7 Å². The quantitative estimate of drug-likeness (QED) is 0.442. The van der Waals surface area contributed by atoms with Crippen LogP contribution in [0.25, 0.3) is 0 Å². The summed E-state index contributed by atoms with van der Waals surface area (Å²) in [5.74, 6) is 0.838. The molecular formula is C12H23N3OS. The fourth-order valence-electron chi connectivity index (χ4n) is 1.83. The molecule has 17 heavy (non-hydrogen) atoms. The van der Waals surface area contributed by atoms with Crippen LogP contribution in [-0.4, -0.2) is 50.3 Å². The number of hydrogen-bond acceptors (Lipinski definition) is 3. The van der Waals surface area contributed by atoms with Crippen LogP contribution in [0.3, 0.4) is 0 Å². The summed E-state index contributed by atoms with van der Waals surface area (Å²) in [6.45, 7) is 7.06. The molecular weight excluding hydrogens is 234 g/mol. The van der Waals surface area contributed by atoms with E-state index < -0.39 is 0 Å². The molecule has 0 aromatic rings. The van der Waals surface area contributed by atoms with E-state index in [9.17, 15) is 0 Å². The van der Waals surface area contributed by atoms with E-state index in [2.05, 4.69) is 28.5 Å². The predicted octanol–water partition coefficient (Wildman–Crippen LogP) is 1.25. The number of hydrogen-bond donors (Lipinski definition) is 2. The molecule has 0 bridgehead atoms. The van der Waals surface area contributed by atoms with Crippen LogP contribution in [-0.2, 0) is 4.74 Å². The normalized spacial score (nSPS) is 19.8. The summed E-state index contributed by atoms with van der Waals surface area (Å²) in [7, 11) is 1.79. The lowest BCUT2D eigenvalue weighted by atomic mass is 9.99. The first kappa shape index (κ1) is 14.4. The fourth-order valence-corrected chi connectivity index (χ4v) is 2.62. The zero-order chi connectivity index (χ0) is 12.6. The highest BCUT2D eigenvalue weighted by atomic mass is 32.2. The molecule has 0 unspecified atom stereocenters. The third kappa shape index (κ3) is 4.60. The smallest absolute Gasteiger partial charge is 0.191 e. The van der Waals surface area contributed by atoms with Gasteiger partial charge in [0.2, 0.25) is 0 Å².